The Morgan fingerprint density at radius 2 is 2.28 bits per heavy atom. The van der Waals surface area contributed by atoms with Crippen molar-refractivity contribution >= 4 is 11.6 Å². The Hall–Kier alpha value is -1.56. The molecule has 1 saturated carbocycles. The smallest absolute Gasteiger partial charge is 0.271 e. The third-order valence-corrected chi connectivity index (χ3v) is 3.40. The van der Waals surface area contributed by atoms with Gasteiger partial charge in [0.2, 0.25) is 0 Å². The Morgan fingerprint density at radius 3 is 2.78 bits per heavy atom. The maximum absolute atomic E-state index is 12.0. The van der Waals surface area contributed by atoms with Crippen molar-refractivity contribution in [2.24, 2.45) is 7.05 Å². The van der Waals surface area contributed by atoms with Crippen LogP contribution in [-0.4, -0.2) is 46.8 Å². The zero-order chi connectivity index (χ0) is 13.3. The van der Waals surface area contributed by atoms with Crippen LogP contribution in [0.2, 0.25) is 0 Å². The SMILES string of the molecule is Cc1nn(C)c(C(=O)NCCN(C)C2CC2)c1N. The molecule has 3 N–H and O–H groups in total. The summed E-state index contributed by atoms with van der Waals surface area (Å²) in [6.45, 7) is 3.30. The zero-order valence-corrected chi connectivity index (χ0v) is 11.2. The van der Waals surface area contributed by atoms with Gasteiger partial charge in [0.15, 0.2) is 0 Å². The van der Waals surface area contributed by atoms with Gasteiger partial charge in [-0.2, -0.15) is 5.10 Å². The van der Waals surface area contributed by atoms with Crippen molar-refractivity contribution in [3.05, 3.63) is 11.4 Å². The number of carbonyl (C=O) groups is 1. The monoisotopic (exact) mass is 251 g/mol. The molecule has 1 aromatic rings. The lowest BCUT2D eigenvalue weighted by Gasteiger charge is -2.15. The number of nitrogen functional groups attached to an aromatic ring is 1. The molecule has 2 rings (SSSR count). The molecule has 0 radical (unpaired) electrons. The first-order valence-corrected chi connectivity index (χ1v) is 6.28. The Labute approximate surface area is 107 Å². The molecule has 1 aromatic heterocycles. The van der Waals surface area contributed by atoms with Gasteiger partial charge in [-0.1, -0.05) is 0 Å². The molecule has 0 atom stereocenters. The van der Waals surface area contributed by atoms with Crippen LogP contribution in [0.5, 0.6) is 0 Å². The number of amides is 1. The Bertz CT molecular complexity index is 450. The molecule has 0 aliphatic heterocycles. The molecule has 1 amide bonds. The zero-order valence-electron chi connectivity index (χ0n) is 11.2. The standard InChI is InChI=1S/C12H21N5O/c1-8-10(13)11(17(3)15-8)12(18)14-6-7-16(2)9-4-5-9/h9H,4-7,13H2,1-3H3,(H,14,18). The van der Waals surface area contributed by atoms with Crippen molar-refractivity contribution in [3.63, 3.8) is 0 Å². The Kier molecular flexibility index (Phi) is 3.56. The van der Waals surface area contributed by atoms with Crippen LogP contribution < -0.4 is 11.1 Å². The van der Waals surface area contributed by atoms with E-state index in [1.54, 1.807) is 14.0 Å². The summed E-state index contributed by atoms with van der Waals surface area (Å²) in [6.07, 6.45) is 2.55. The van der Waals surface area contributed by atoms with E-state index in [1.807, 2.05) is 0 Å². The van der Waals surface area contributed by atoms with Crippen molar-refractivity contribution in [1.82, 2.24) is 20.0 Å². The third kappa shape index (κ3) is 2.64. The lowest BCUT2D eigenvalue weighted by Crippen LogP contribution is -2.35. The fraction of sp³-hybridized carbons (Fsp3) is 0.667. The molecule has 0 bridgehead atoms. The molecule has 0 spiro atoms. The predicted octanol–water partition coefficient (Wildman–Crippen LogP) is 0.135. The first-order valence-electron chi connectivity index (χ1n) is 6.28. The van der Waals surface area contributed by atoms with Crippen LogP contribution in [0.4, 0.5) is 5.69 Å². The number of anilines is 1. The van der Waals surface area contributed by atoms with Gasteiger partial charge in [0.1, 0.15) is 5.69 Å². The number of nitrogens with two attached hydrogens (primary N) is 1. The molecule has 1 fully saturated rings. The minimum Gasteiger partial charge on any atom is -0.395 e. The molecule has 1 aliphatic carbocycles. The first-order chi connectivity index (χ1) is 8.50. The van der Waals surface area contributed by atoms with E-state index in [1.165, 1.54) is 17.5 Å². The molecule has 0 aromatic carbocycles. The van der Waals surface area contributed by atoms with E-state index in [9.17, 15) is 4.79 Å². The largest absolute Gasteiger partial charge is 0.395 e. The fourth-order valence-corrected chi connectivity index (χ4v) is 2.07. The normalized spacial score (nSPS) is 15.1. The van der Waals surface area contributed by atoms with Gasteiger partial charge in [0, 0.05) is 26.2 Å². The van der Waals surface area contributed by atoms with Gasteiger partial charge in [-0.15, -0.1) is 0 Å². The summed E-state index contributed by atoms with van der Waals surface area (Å²) in [4.78, 5) is 14.3. The molecule has 6 heteroatoms. The van der Waals surface area contributed by atoms with Gasteiger partial charge < -0.3 is 16.0 Å². The summed E-state index contributed by atoms with van der Waals surface area (Å²) in [5.74, 6) is -0.153. The summed E-state index contributed by atoms with van der Waals surface area (Å²) in [6, 6.07) is 0.714. The van der Waals surface area contributed by atoms with E-state index in [0.29, 0.717) is 29.7 Å². The van der Waals surface area contributed by atoms with Gasteiger partial charge in [-0.3, -0.25) is 9.48 Å². The van der Waals surface area contributed by atoms with E-state index >= 15 is 0 Å². The van der Waals surface area contributed by atoms with E-state index < -0.39 is 0 Å². The Balaban J connectivity index is 1.87. The van der Waals surface area contributed by atoms with Gasteiger partial charge in [-0.25, -0.2) is 0 Å². The fourth-order valence-electron chi connectivity index (χ4n) is 2.07. The number of nitrogens with zero attached hydrogens (tertiary/aromatic N) is 3. The van der Waals surface area contributed by atoms with Crippen molar-refractivity contribution in [1.29, 1.82) is 0 Å². The maximum atomic E-state index is 12.0. The summed E-state index contributed by atoms with van der Waals surface area (Å²) in [5, 5.41) is 7.02. The lowest BCUT2D eigenvalue weighted by molar-refractivity contribution is 0.0941. The first kappa shape index (κ1) is 12.9. The van der Waals surface area contributed by atoms with E-state index in [4.69, 9.17) is 5.73 Å². The van der Waals surface area contributed by atoms with Crippen molar-refractivity contribution in [3.8, 4) is 0 Å². The van der Waals surface area contributed by atoms with E-state index in [2.05, 4.69) is 22.4 Å². The predicted molar refractivity (Wildman–Crippen MR) is 70.3 cm³/mol. The number of aromatic nitrogens is 2. The van der Waals surface area contributed by atoms with Crippen LogP contribution in [0.25, 0.3) is 0 Å². The molecule has 18 heavy (non-hydrogen) atoms. The van der Waals surface area contributed by atoms with Crippen LogP contribution in [0.1, 0.15) is 29.0 Å². The van der Waals surface area contributed by atoms with E-state index in [0.717, 1.165) is 6.54 Å². The van der Waals surface area contributed by atoms with Gasteiger partial charge in [0.05, 0.1) is 11.4 Å². The highest BCUT2D eigenvalue weighted by Gasteiger charge is 2.25. The average molecular weight is 251 g/mol. The number of carbonyl (C=O) groups excluding carboxylic acids is 1. The summed E-state index contributed by atoms with van der Waals surface area (Å²) in [5.41, 5.74) is 7.44. The second-order valence-corrected chi connectivity index (χ2v) is 4.94. The summed E-state index contributed by atoms with van der Waals surface area (Å²) in [7, 11) is 3.82. The number of hydrogen-bond donors (Lipinski definition) is 2. The van der Waals surface area contributed by atoms with Crippen LogP contribution >= 0.6 is 0 Å². The molecule has 100 valence electrons. The van der Waals surface area contributed by atoms with Gasteiger partial charge in [0.25, 0.3) is 5.91 Å². The highest BCUT2D eigenvalue weighted by Crippen LogP contribution is 2.24. The number of rotatable bonds is 5. The second-order valence-electron chi connectivity index (χ2n) is 4.94. The third-order valence-electron chi connectivity index (χ3n) is 3.40. The molecule has 1 aliphatic rings. The number of nitrogens with one attached hydrogen (secondary N) is 1. The van der Waals surface area contributed by atoms with Crippen LogP contribution in [0.3, 0.4) is 0 Å². The molecule has 6 nitrogen and oxygen atoms in total. The minimum atomic E-state index is -0.153. The van der Waals surface area contributed by atoms with E-state index in [-0.39, 0.29) is 5.91 Å². The van der Waals surface area contributed by atoms with Crippen LogP contribution in [0.15, 0.2) is 0 Å². The number of aryl methyl sites for hydroxylation is 2. The minimum absolute atomic E-state index is 0.153. The van der Waals surface area contributed by atoms with Crippen molar-refractivity contribution in [2.45, 2.75) is 25.8 Å². The van der Waals surface area contributed by atoms with Gasteiger partial charge >= 0.3 is 0 Å². The van der Waals surface area contributed by atoms with Crippen LogP contribution in [-0.2, 0) is 7.05 Å². The van der Waals surface area contributed by atoms with Crippen molar-refractivity contribution in [2.75, 3.05) is 25.9 Å². The Morgan fingerprint density at radius 1 is 1.61 bits per heavy atom. The molecule has 1 heterocycles. The second kappa shape index (κ2) is 4.97. The van der Waals surface area contributed by atoms with Crippen molar-refractivity contribution < 1.29 is 4.79 Å². The summed E-state index contributed by atoms with van der Waals surface area (Å²) < 4.78 is 1.53. The molecule has 0 saturated heterocycles. The quantitative estimate of drug-likeness (QED) is 0.780. The highest BCUT2D eigenvalue weighted by atomic mass is 16.2. The molecular formula is C12H21N5O. The topological polar surface area (TPSA) is 76.2 Å². The summed E-state index contributed by atoms with van der Waals surface area (Å²) >= 11 is 0. The molecular weight excluding hydrogens is 230 g/mol. The maximum Gasteiger partial charge on any atom is 0.271 e. The number of likely N-dealkylation sites (N-methyl/N-ethyl adjacent to an activating group) is 1. The van der Waals surface area contributed by atoms with Crippen LogP contribution in [0, 0.1) is 6.92 Å². The lowest BCUT2D eigenvalue weighted by atomic mass is 10.3. The van der Waals surface area contributed by atoms with Gasteiger partial charge in [-0.05, 0) is 26.8 Å². The average Bonchev–Trinajstić information content (AvgIpc) is 3.08. The number of hydrogen-bond acceptors (Lipinski definition) is 4. The molecule has 0 unspecified atom stereocenters. The highest BCUT2D eigenvalue weighted by molar-refractivity contribution is 5.97.